The lowest BCUT2D eigenvalue weighted by molar-refractivity contribution is 0.0998. The van der Waals surface area contributed by atoms with E-state index in [2.05, 4.69) is 10.2 Å². The number of hydrogen-bond donors (Lipinski definition) is 1. The second-order valence-corrected chi connectivity index (χ2v) is 7.40. The highest BCUT2D eigenvalue weighted by atomic mass is 32.1. The number of ketones is 1. The van der Waals surface area contributed by atoms with Crippen molar-refractivity contribution in [3.8, 4) is 0 Å². The van der Waals surface area contributed by atoms with Crippen molar-refractivity contribution in [2.24, 2.45) is 0 Å². The lowest BCUT2D eigenvalue weighted by Crippen LogP contribution is -2.36. The van der Waals surface area contributed by atoms with E-state index in [1.165, 1.54) is 11.3 Å². The van der Waals surface area contributed by atoms with Gasteiger partial charge in [0.15, 0.2) is 0 Å². The molecule has 3 aromatic rings. The molecule has 5 nitrogen and oxygen atoms in total. The Labute approximate surface area is 167 Å². The number of benzene rings is 2. The van der Waals surface area contributed by atoms with Crippen molar-refractivity contribution in [3.63, 3.8) is 0 Å². The van der Waals surface area contributed by atoms with E-state index in [0.29, 0.717) is 21.7 Å². The summed E-state index contributed by atoms with van der Waals surface area (Å²) in [5.74, 6) is -0.428. The Balaban J connectivity index is 1.50. The van der Waals surface area contributed by atoms with Gasteiger partial charge in [-0.25, -0.2) is 0 Å². The van der Waals surface area contributed by atoms with Gasteiger partial charge in [-0.05, 0) is 41.8 Å². The predicted octanol–water partition coefficient (Wildman–Crippen LogP) is 4.07. The average molecular weight is 392 g/mol. The molecule has 6 heteroatoms. The Bertz CT molecular complexity index is 962. The third-order valence-electron chi connectivity index (χ3n) is 4.66. The molecule has 0 unspecified atom stereocenters. The molecule has 1 aromatic heterocycles. The smallest absolute Gasteiger partial charge is 0.256 e. The second-order valence-electron chi connectivity index (χ2n) is 6.45. The minimum Gasteiger partial charge on any atom is -0.378 e. The van der Waals surface area contributed by atoms with Crippen LogP contribution in [0.2, 0.25) is 0 Å². The molecule has 1 amide bonds. The van der Waals surface area contributed by atoms with Gasteiger partial charge in [0.05, 0.1) is 23.7 Å². The van der Waals surface area contributed by atoms with Gasteiger partial charge in [-0.15, -0.1) is 11.3 Å². The van der Waals surface area contributed by atoms with Gasteiger partial charge in [0.2, 0.25) is 5.78 Å². The number of thiophene rings is 1. The molecule has 0 saturated carbocycles. The summed E-state index contributed by atoms with van der Waals surface area (Å²) in [5.41, 5.74) is 2.58. The van der Waals surface area contributed by atoms with E-state index in [-0.39, 0.29) is 11.7 Å². The molecule has 28 heavy (non-hydrogen) atoms. The zero-order valence-electron chi connectivity index (χ0n) is 15.3. The number of nitrogens with one attached hydrogen (secondary N) is 1. The van der Waals surface area contributed by atoms with Gasteiger partial charge in [-0.2, -0.15) is 0 Å². The number of ether oxygens (including phenoxy) is 1. The number of carbonyl (C=O) groups is 2. The van der Waals surface area contributed by atoms with E-state index in [1.54, 1.807) is 30.3 Å². The number of amides is 1. The summed E-state index contributed by atoms with van der Waals surface area (Å²) in [6, 6.07) is 18.3. The summed E-state index contributed by atoms with van der Waals surface area (Å²) in [4.78, 5) is 28.4. The highest BCUT2D eigenvalue weighted by molar-refractivity contribution is 7.12. The van der Waals surface area contributed by atoms with Crippen molar-refractivity contribution in [2.75, 3.05) is 36.5 Å². The molecule has 1 saturated heterocycles. The monoisotopic (exact) mass is 392 g/mol. The molecule has 1 aliphatic heterocycles. The van der Waals surface area contributed by atoms with Crippen LogP contribution >= 0.6 is 11.3 Å². The van der Waals surface area contributed by atoms with Gasteiger partial charge in [-0.3, -0.25) is 9.59 Å². The number of nitrogens with zero attached hydrogens (tertiary/aromatic N) is 1. The number of hydrogen-bond acceptors (Lipinski definition) is 5. The topological polar surface area (TPSA) is 58.6 Å². The van der Waals surface area contributed by atoms with Crippen molar-refractivity contribution in [3.05, 3.63) is 82.0 Å². The first-order valence-electron chi connectivity index (χ1n) is 9.14. The number of morpholine rings is 1. The molecular weight excluding hydrogens is 372 g/mol. The van der Waals surface area contributed by atoms with Gasteiger partial charge >= 0.3 is 0 Å². The molecule has 0 aliphatic carbocycles. The Morgan fingerprint density at radius 1 is 0.893 bits per heavy atom. The number of carbonyl (C=O) groups excluding carboxylic acids is 2. The number of anilines is 2. The summed E-state index contributed by atoms with van der Waals surface area (Å²) >= 11 is 1.37. The summed E-state index contributed by atoms with van der Waals surface area (Å²) in [5, 5.41) is 4.75. The predicted molar refractivity (Wildman–Crippen MR) is 112 cm³/mol. The molecule has 4 rings (SSSR count). The van der Waals surface area contributed by atoms with Crippen molar-refractivity contribution < 1.29 is 14.3 Å². The molecule has 1 aliphatic rings. The quantitative estimate of drug-likeness (QED) is 0.665. The highest BCUT2D eigenvalue weighted by Crippen LogP contribution is 2.22. The van der Waals surface area contributed by atoms with Crippen molar-refractivity contribution in [1.29, 1.82) is 0 Å². The minimum atomic E-state index is -0.292. The largest absolute Gasteiger partial charge is 0.378 e. The maximum absolute atomic E-state index is 12.8. The van der Waals surface area contributed by atoms with Crippen LogP contribution in [0.4, 0.5) is 11.4 Å². The Morgan fingerprint density at radius 2 is 1.61 bits per heavy atom. The first kappa shape index (κ1) is 18.4. The normalized spacial score (nSPS) is 13.9. The standard InChI is InChI=1S/C22H20N2O3S/c25-21(20-6-3-15-28-20)18-4-1-2-5-19(18)22(26)23-16-7-9-17(10-8-16)24-11-13-27-14-12-24/h1-10,15H,11-14H2,(H,23,26). The summed E-state index contributed by atoms with van der Waals surface area (Å²) in [6.45, 7) is 3.19. The van der Waals surface area contributed by atoms with Crippen molar-refractivity contribution in [2.45, 2.75) is 0 Å². The van der Waals surface area contributed by atoms with Crippen LogP contribution in [0, 0.1) is 0 Å². The summed E-state index contributed by atoms with van der Waals surface area (Å²) in [6.07, 6.45) is 0. The van der Waals surface area contributed by atoms with Gasteiger partial charge in [0.25, 0.3) is 5.91 Å². The third-order valence-corrected chi connectivity index (χ3v) is 5.53. The number of rotatable bonds is 5. The molecule has 0 atom stereocenters. The average Bonchev–Trinajstić information content (AvgIpc) is 3.29. The van der Waals surface area contributed by atoms with Crippen molar-refractivity contribution >= 4 is 34.4 Å². The first-order chi connectivity index (χ1) is 13.7. The van der Waals surface area contributed by atoms with Gasteiger partial charge in [0, 0.05) is 30.0 Å². The van der Waals surface area contributed by atoms with Crippen LogP contribution in [0.3, 0.4) is 0 Å². The van der Waals surface area contributed by atoms with Crippen LogP contribution in [0.15, 0.2) is 66.0 Å². The molecule has 1 N–H and O–H groups in total. The lowest BCUT2D eigenvalue weighted by Gasteiger charge is -2.28. The zero-order chi connectivity index (χ0) is 19.3. The molecule has 2 heterocycles. The van der Waals surface area contributed by atoms with E-state index in [1.807, 2.05) is 35.7 Å². The van der Waals surface area contributed by atoms with E-state index in [0.717, 1.165) is 32.0 Å². The Kier molecular flexibility index (Phi) is 5.50. The minimum absolute atomic E-state index is 0.136. The Hall–Kier alpha value is -2.96. The molecular formula is C22H20N2O3S. The summed E-state index contributed by atoms with van der Waals surface area (Å²) in [7, 11) is 0. The van der Waals surface area contributed by atoms with E-state index >= 15 is 0 Å². The van der Waals surface area contributed by atoms with E-state index < -0.39 is 0 Å². The summed E-state index contributed by atoms with van der Waals surface area (Å²) < 4.78 is 5.38. The molecule has 0 spiro atoms. The van der Waals surface area contributed by atoms with Crippen LogP contribution in [-0.4, -0.2) is 38.0 Å². The highest BCUT2D eigenvalue weighted by Gasteiger charge is 2.19. The molecule has 0 radical (unpaired) electrons. The molecule has 1 fully saturated rings. The van der Waals surface area contributed by atoms with Crippen LogP contribution in [0.5, 0.6) is 0 Å². The fraction of sp³-hybridized carbons (Fsp3) is 0.182. The van der Waals surface area contributed by atoms with Gasteiger partial charge < -0.3 is 15.0 Å². The zero-order valence-corrected chi connectivity index (χ0v) is 16.1. The van der Waals surface area contributed by atoms with Crippen LogP contribution in [0.25, 0.3) is 0 Å². The maximum Gasteiger partial charge on any atom is 0.256 e. The van der Waals surface area contributed by atoms with Crippen molar-refractivity contribution in [1.82, 2.24) is 0 Å². The SMILES string of the molecule is O=C(Nc1ccc(N2CCOCC2)cc1)c1ccccc1C(=O)c1cccs1. The maximum atomic E-state index is 12.8. The van der Waals surface area contributed by atoms with Crippen LogP contribution < -0.4 is 10.2 Å². The van der Waals surface area contributed by atoms with Crippen LogP contribution in [-0.2, 0) is 4.74 Å². The van der Waals surface area contributed by atoms with E-state index in [4.69, 9.17) is 4.74 Å². The van der Waals surface area contributed by atoms with Crippen LogP contribution in [0.1, 0.15) is 25.6 Å². The Morgan fingerprint density at radius 3 is 2.29 bits per heavy atom. The fourth-order valence-corrected chi connectivity index (χ4v) is 3.87. The molecule has 2 aromatic carbocycles. The third kappa shape index (κ3) is 3.98. The van der Waals surface area contributed by atoms with E-state index in [9.17, 15) is 9.59 Å². The first-order valence-corrected chi connectivity index (χ1v) is 10.0. The fourth-order valence-electron chi connectivity index (χ4n) is 3.20. The molecule has 0 bridgehead atoms. The molecule has 142 valence electrons. The van der Waals surface area contributed by atoms with Gasteiger partial charge in [0.1, 0.15) is 0 Å². The second kappa shape index (κ2) is 8.37. The van der Waals surface area contributed by atoms with Gasteiger partial charge in [-0.1, -0.05) is 24.3 Å². The lowest BCUT2D eigenvalue weighted by atomic mass is 10.0.